The topological polar surface area (TPSA) is 81.4 Å². The fraction of sp³-hybridized carbons (Fsp3) is 0.571. The smallest absolute Gasteiger partial charge is 0.253 e. The molecule has 1 aliphatic heterocycles. The number of nitrogens with zero attached hydrogens (tertiary/aromatic N) is 4. The Bertz CT molecular complexity index is 681. The number of rotatable bonds is 5. The van der Waals surface area contributed by atoms with Crippen molar-refractivity contribution in [2.24, 2.45) is 0 Å². The molecule has 22 heavy (non-hydrogen) atoms. The number of nitrogens with one attached hydrogen (secondary N) is 1. The minimum absolute atomic E-state index is 0.0276. The summed E-state index contributed by atoms with van der Waals surface area (Å²) in [6.45, 7) is 5.26. The highest BCUT2D eigenvalue weighted by Crippen LogP contribution is 2.15. The van der Waals surface area contributed by atoms with Crippen molar-refractivity contribution in [2.75, 3.05) is 18.9 Å². The van der Waals surface area contributed by atoms with Crippen LogP contribution in [0.25, 0.3) is 5.78 Å². The molecule has 0 radical (unpaired) electrons. The monoisotopic (exact) mass is 321 g/mol. The number of carbonyl (C=O) groups excluding carboxylic acids is 1. The van der Waals surface area contributed by atoms with Gasteiger partial charge in [0, 0.05) is 24.5 Å². The molecule has 1 fully saturated rings. The first-order valence-corrected chi connectivity index (χ1v) is 8.32. The molecule has 3 rings (SSSR count). The van der Waals surface area contributed by atoms with Crippen LogP contribution in [0.1, 0.15) is 24.2 Å². The Kier molecular flexibility index (Phi) is 4.58. The largest absolute Gasteiger partial charge is 0.376 e. The van der Waals surface area contributed by atoms with Crippen molar-refractivity contribution in [3.8, 4) is 0 Å². The molecule has 1 saturated heterocycles. The first kappa shape index (κ1) is 15.2. The van der Waals surface area contributed by atoms with E-state index in [9.17, 15) is 4.79 Å². The minimum Gasteiger partial charge on any atom is -0.376 e. The number of amides is 1. The molecule has 0 aliphatic carbocycles. The highest BCUT2D eigenvalue weighted by Gasteiger charge is 2.16. The van der Waals surface area contributed by atoms with Crippen molar-refractivity contribution >= 4 is 23.4 Å². The van der Waals surface area contributed by atoms with E-state index in [4.69, 9.17) is 4.74 Å². The molecule has 2 aromatic heterocycles. The van der Waals surface area contributed by atoms with Crippen LogP contribution in [-0.2, 0) is 9.53 Å². The Morgan fingerprint density at radius 2 is 2.36 bits per heavy atom. The first-order valence-electron chi connectivity index (χ1n) is 7.34. The highest BCUT2D eigenvalue weighted by atomic mass is 32.2. The molecule has 0 saturated carbocycles. The van der Waals surface area contributed by atoms with Gasteiger partial charge >= 0.3 is 0 Å². The third-order valence-electron chi connectivity index (χ3n) is 3.48. The third kappa shape index (κ3) is 3.56. The van der Waals surface area contributed by atoms with Gasteiger partial charge in [0.05, 0.1) is 11.9 Å². The maximum absolute atomic E-state index is 11.8. The highest BCUT2D eigenvalue weighted by molar-refractivity contribution is 7.99. The Hall–Kier alpha value is -1.67. The predicted octanol–water partition coefficient (Wildman–Crippen LogP) is 1.13. The summed E-state index contributed by atoms with van der Waals surface area (Å²) in [6.07, 6.45) is 2.26. The standard InChI is InChI=1S/C14H19N5O2S/c1-9-6-10(2)19-13(16-9)17-14(18-19)22-8-12(20)15-7-11-4-3-5-21-11/h6,11H,3-5,7-8H2,1-2H3,(H,15,20)/t11-/m1/s1. The molecule has 0 unspecified atom stereocenters. The quantitative estimate of drug-likeness (QED) is 0.831. The van der Waals surface area contributed by atoms with Gasteiger partial charge in [0.15, 0.2) is 0 Å². The number of aromatic nitrogens is 4. The maximum atomic E-state index is 11.8. The van der Waals surface area contributed by atoms with Crippen molar-refractivity contribution in [3.05, 3.63) is 17.5 Å². The summed E-state index contributed by atoms with van der Waals surface area (Å²) >= 11 is 1.32. The van der Waals surface area contributed by atoms with Crippen molar-refractivity contribution in [3.63, 3.8) is 0 Å². The van der Waals surface area contributed by atoms with Crippen LogP contribution in [-0.4, -0.2) is 50.5 Å². The van der Waals surface area contributed by atoms with Gasteiger partial charge in [-0.05, 0) is 32.8 Å². The molecule has 8 heteroatoms. The van der Waals surface area contributed by atoms with E-state index in [1.807, 2.05) is 19.9 Å². The van der Waals surface area contributed by atoms with E-state index in [0.29, 0.717) is 23.2 Å². The van der Waals surface area contributed by atoms with Crippen molar-refractivity contribution in [2.45, 2.75) is 37.9 Å². The van der Waals surface area contributed by atoms with E-state index in [-0.39, 0.29) is 12.0 Å². The summed E-state index contributed by atoms with van der Waals surface area (Å²) in [6, 6.07) is 1.95. The number of aryl methyl sites for hydroxylation is 2. The second-order valence-corrected chi connectivity index (χ2v) is 6.32. The van der Waals surface area contributed by atoms with Crippen LogP contribution < -0.4 is 5.32 Å². The van der Waals surface area contributed by atoms with Crippen LogP contribution >= 0.6 is 11.8 Å². The second-order valence-electron chi connectivity index (χ2n) is 5.37. The zero-order valence-corrected chi connectivity index (χ0v) is 13.5. The van der Waals surface area contributed by atoms with E-state index in [1.54, 1.807) is 4.52 Å². The number of carbonyl (C=O) groups is 1. The predicted molar refractivity (Wildman–Crippen MR) is 83.0 cm³/mol. The average molecular weight is 321 g/mol. The van der Waals surface area contributed by atoms with Gasteiger partial charge in [0.1, 0.15) is 0 Å². The zero-order chi connectivity index (χ0) is 15.5. The molecule has 0 spiro atoms. The van der Waals surface area contributed by atoms with Gasteiger partial charge in [-0.1, -0.05) is 11.8 Å². The molecule has 118 valence electrons. The lowest BCUT2D eigenvalue weighted by atomic mass is 10.2. The molecular weight excluding hydrogens is 302 g/mol. The fourth-order valence-electron chi connectivity index (χ4n) is 2.42. The summed E-state index contributed by atoms with van der Waals surface area (Å²) in [5, 5.41) is 7.81. The summed E-state index contributed by atoms with van der Waals surface area (Å²) in [7, 11) is 0. The van der Waals surface area contributed by atoms with Gasteiger partial charge in [-0.25, -0.2) is 9.50 Å². The summed E-state index contributed by atoms with van der Waals surface area (Å²) < 4.78 is 7.17. The maximum Gasteiger partial charge on any atom is 0.253 e. The Labute approximate surface area is 132 Å². The van der Waals surface area contributed by atoms with Crippen LogP contribution in [0, 0.1) is 13.8 Å². The van der Waals surface area contributed by atoms with Crippen molar-refractivity contribution in [1.82, 2.24) is 24.9 Å². The number of thioether (sulfide) groups is 1. The lowest BCUT2D eigenvalue weighted by Crippen LogP contribution is -2.32. The van der Waals surface area contributed by atoms with Crippen molar-refractivity contribution < 1.29 is 9.53 Å². The number of fused-ring (bicyclic) bond motifs is 1. The van der Waals surface area contributed by atoms with Gasteiger partial charge in [0.25, 0.3) is 5.78 Å². The summed E-state index contributed by atoms with van der Waals surface area (Å²) in [4.78, 5) is 20.5. The van der Waals surface area contributed by atoms with Crippen LogP contribution in [0.15, 0.2) is 11.2 Å². The molecular formula is C14H19N5O2S. The zero-order valence-electron chi connectivity index (χ0n) is 12.7. The van der Waals surface area contributed by atoms with Crippen LogP contribution in [0.5, 0.6) is 0 Å². The van der Waals surface area contributed by atoms with E-state index < -0.39 is 0 Å². The van der Waals surface area contributed by atoms with E-state index in [1.165, 1.54) is 11.8 Å². The Morgan fingerprint density at radius 1 is 1.50 bits per heavy atom. The molecule has 1 aliphatic rings. The lowest BCUT2D eigenvalue weighted by molar-refractivity contribution is -0.119. The molecule has 1 amide bonds. The summed E-state index contributed by atoms with van der Waals surface area (Å²) in [5.74, 6) is 0.835. The Morgan fingerprint density at radius 3 is 3.14 bits per heavy atom. The van der Waals surface area contributed by atoms with E-state index in [2.05, 4.69) is 20.4 Å². The molecule has 0 aromatic carbocycles. The number of ether oxygens (including phenoxy) is 1. The van der Waals surface area contributed by atoms with E-state index >= 15 is 0 Å². The number of hydrogen-bond donors (Lipinski definition) is 1. The lowest BCUT2D eigenvalue weighted by Gasteiger charge is -2.09. The molecule has 7 nitrogen and oxygen atoms in total. The first-order chi connectivity index (χ1) is 10.6. The minimum atomic E-state index is -0.0276. The van der Waals surface area contributed by atoms with Crippen LogP contribution in [0.4, 0.5) is 0 Å². The van der Waals surface area contributed by atoms with Gasteiger partial charge in [-0.15, -0.1) is 5.10 Å². The fourth-order valence-corrected chi connectivity index (χ4v) is 3.07. The average Bonchev–Trinajstić information content (AvgIpc) is 3.11. The molecule has 0 bridgehead atoms. The molecule has 2 aromatic rings. The van der Waals surface area contributed by atoms with Gasteiger partial charge in [-0.2, -0.15) is 4.98 Å². The second kappa shape index (κ2) is 6.62. The molecule has 1 N–H and O–H groups in total. The number of hydrogen-bond acceptors (Lipinski definition) is 6. The summed E-state index contributed by atoms with van der Waals surface area (Å²) in [5.41, 5.74) is 1.88. The normalized spacial score (nSPS) is 18.0. The third-order valence-corrected chi connectivity index (χ3v) is 4.32. The van der Waals surface area contributed by atoms with Crippen molar-refractivity contribution in [1.29, 1.82) is 0 Å². The molecule has 3 heterocycles. The van der Waals surface area contributed by atoms with Crippen LogP contribution in [0.2, 0.25) is 0 Å². The van der Waals surface area contributed by atoms with Crippen LogP contribution in [0.3, 0.4) is 0 Å². The van der Waals surface area contributed by atoms with E-state index in [0.717, 1.165) is 30.8 Å². The van der Waals surface area contributed by atoms with Gasteiger partial charge in [-0.3, -0.25) is 4.79 Å². The molecule has 1 atom stereocenters. The Balaban J connectivity index is 1.54. The SMILES string of the molecule is Cc1cc(C)n2nc(SCC(=O)NC[C@H]3CCCO3)nc2n1. The van der Waals surface area contributed by atoms with Gasteiger partial charge in [0.2, 0.25) is 11.1 Å². The van der Waals surface area contributed by atoms with Gasteiger partial charge < -0.3 is 10.1 Å².